The molecule has 1 aromatic rings. The van der Waals surface area contributed by atoms with Crippen LogP contribution < -0.4 is 0 Å². The third kappa shape index (κ3) is 4.07. The average Bonchev–Trinajstić information content (AvgIpc) is 2.53. The maximum Gasteiger partial charge on any atom is 0.101 e. The molecular formula is C17H16N4. The fraction of sp³-hybridized carbons (Fsp3) is 0.412. The monoisotopic (exact) mass is 276 g/mol. The molecular weight excluding hydrogens is 260 g/mol. The fourth-order valence-corrected chi connectivity index (χ4v) is 2.25. The zero-order valence-corrected chi connectivity index (χ0v) is 12.1. The predicted octanol–water partition coefficient (Wildman–Crippen LogP) is 3.88. The van der Waals surface area contributed by atoms with Gasteiger partial charge in [-0.1, -0.05) is 32.6 Å². The lowest BCUT2D eigenvalue weighted by atomic mass is 9.88. The Balaban J connectivity index is 3.10. The van der Waals surface area contributed by atoms with Crippen LogP contribution in [0.2, 0.25) is 0 Å². The van der Waals surface area contributed by atoms with Crippen LogP contribution in [0.5, 0.6) is 0 Å². The molecule has 4 heteroatoms. The zero-order chi connectivity index (χ0) is 15.7. The van der Waals surface area contributed by atoms with Gasteiger partial charge < -0.3 is 0 Å². The molecule has 0 spiro atoms. The number of hydrogen-bond donors (Lipinski definition) is 0. The van der Waals surface area contributed by atoms with Gasteiger partial charge in [0.2, 0.25) is 0 Å². The number of nitriles is 4. The van der Waals surface area contributed by atoms with E-state index in [0.717, 1.165) is 25.7 Å². The van der Waals surface area contributed by atoms with Crippen molar-refractivity contribution in [1.82, 2.24) is 0 Å². The van der Waals surface area contributed by atoms with Crippen LogP contribution in [0.1, 0.15) is 67.2 Å². The molecule has 1 atom stereocenters. The van der Waals surface area contributed by atoms with Gasteiger partial charge in [0.15, 0.2) is 0 Å². The molecule has 0 N–H and O–H groups in total. The Bertz CT molecular complexity index is 662. The van der Waals surface area contributed by atoms with Crippen molar-refractivity contribution >= 4 is 0 Å². The summed E-state index contributed by atoms with van der Waals surface area (Å²) >= 11 is 0. The van der Waals surface area contributed by atoms with E-state index in [1.165, 1.54) is 12.1 Å². The number of rotatable bonds is 6. The molecule has 0 saturated carbocycles. The van der Waals surface area contributed by atoms with Crippen LogP contribution in [-0.4, -0.2) is 0 Å². The van der Waals surface area contributed by atoms with Crippen LogP contribution in [0.4, 0.5) is 0 Å². The van der Waals surface area contributed by atoms with Gasteiger partial charge >= 0.3 is 0 Å². The average molecular weight is 276 g/mol. The molecule has 1 rings (SSSR count). The Hall–Kier alpha value is -2.82. The quantitative estimate of drug-likeness (QED) is 0.736. The lowest BCUT2D eigenvalue weighted by Gasteiger charge is -2.12. The molecule has 1 aromatic carbocycles. The molecule has 0 aliphatic rings. The van der Waals surface area contributed by atoms with Crippen LogP contribution in [0.3, 0.4) is 0 Å². The second-order valence-electron chi connectivity index (χ2n) is 4.85. The standard InChI is InChI=1S/C17H16N4/c1-2-3-4-5-6-13(9-18)17-8-15(11-20)14(10-19)7-16(17)12-21/h7-8,13H,2-6H2,1H3. The van der Waals surface area contributed by atoms with Gasteiger partial charge in [0, 0.05) is 0 Å². The van der Waals surface area contributed by atoms with E-state index in [9.17, 15) is 10.5 Å². The summed E-state index contributed by atoms with van der Waals surface area (Å²) in [5, 5.41) is 36.6. The normalized spacial score (nSPS) is 10.7. The van der Waals surface area contributed by atoms with Crippen molar-refractivity contribution in [1.29, 1.82) is 21.0 Å². The summed E-state index contributed by atoms with van der Waals surface area (Å²) in [5.41, 5.74) is 1.28. The van der Waals surface area contributed by atoms with E-state index < -0.39 is 5.92 Å². The number of benzene rings is 1. The molecule has 0 aromatic heterocycles. The van der Waals surface area contributed by atoms with Crippen molar-refractivity contribution in [3.63, 3.8) is 0 Å². The van der Waals surface area contributed by atoms with Crippen LogP contribution in [-0.2, 0) is 0 Å². The van der Waals surface area contributed by atoms with E-state index in [4.69, 9.17) is 10.5 Å². The highest BCUT2D eigenvalue weighted by atomic mass is 14.3. The molecule has 0 aliphatic heterocycles. The van der Waals surface area contributed by atoms with E-state index in [1.807, 2.05) is 18.2 Å². The SMILES string of the molecule is CCCCCCC(C#N)c1cc(C#N)c(C#N)cc1C#N. The molecule has 0 radical (unpaired) electrons. The van der Waals surface area contributed by atoms with Crippen molar-refractivity contribution in [2.45, 2.75) is 44.9 Å². The van der Waals surface area contributed by atoms with E-state index in [-0.39, 0.29) is 11.1 Å². The lowest BCUT2D eigenvalue weighted by Crippen LogP contribution is -2.02. The molecule has 0 aliphatic carbocycles. The van der Waals surface area contributed by atoms with Crippen molar-refractivity contribution in [3.8, 4) is 24.3 Å². The summed E-state index contributed by atoms with van der Waals surface area (Å²) in [6.07, 6.45) is 4.88. The molecule has 0 amide bonds. The zero-order valence-electron chi connectivity index (χ0n) is 12.1. The fourth-order valence-electron chi connectivity index (χ4n) is 2.25. The van der Waals surface area contributed by atoms with Gasteiger partial charge in [-0.25, -0.2) is 0 Å². The van der Waals surface area contributed by atoms with Crippen LogP contribution in [0.25, 0.3) is 0 Å². The number of unbranched alkanes of at least 4 members (excludes halogenated alkanes) is 3. The Morgan fingerprint density at radius 1 is 0.857 bits per heavy atom. The third-order valence-corrected chi connectivity index (χ3v) is 3.43. The highest BCUT2D eigenvalue weighted by Crippen LogP contribution is 2.27. The van der Waals surface area contributed by atoms with Crippen molar-refractivity contribution in [2.24, 2.45) is 0 Å². The van der Waals surface area contributed by atoms with Gasteiger partial charge in [-0.15, -0.1) is 0 Å². The molecule has 0 saturated heterocycles. The van der Waals surface area contributed by atoms with Gasteiger partial charge in [0.05, 0.1) is 34.7 Å². The van der Waals surface area contributed by atoms with Crippen LogP contribution >= 0.6 is 0 Å². The Kier molecular flexibility index (Phi) is 6.47. The minimum atomic E-state index is -0.406. The summed E-state index contributed by atoms with van der Waals surface area (Å²) in [6, 6.07) is 11.0. The maximum atomic E-state index is 9.34. The summed E-state index contributed by atoms with van der Waals surface area (Å²) in [5.74, 6) is -0.406. The molecule has 0 heterocycles. The lowest BCUT2D eigenvalue weighted by molar-refractivity contribution is 0.608. The first-order valence-electron chi connectivity index (χ1n) is 6.99. The van der Waals surface area contributed by atoms with Gasteiger partial charge in [-0.05, 0) is 24.1 Å². The highest BCUT2D eigenvalue weighted by Gasteiger charge is 2.18. The molecule has 21 heavy (non-hydrogen) atoms. The Labute approximate surface area is 125 Å². The molecule has 4 nitrogen and oxygen atoms in total. The van der Waals surface area contributed by atoms with Gasteiger partial charge in [0.25, 0.3) is 0 Å². The van der Waals surface area contributed by atoms with E-state index in [0.29, 0.717) is 17.5 Å². The van der Waals surface area contributed by atoms with E-state index in [2.05, 4.69) is 13.0 Å². The van der Waals surface area contributed by atoms with Gasteiger partial charge in [0.1, 0.15) is 12.1 Å². The van der Waals surface area contributed by atoms with Crippen LogP contribution in [0.15, 0.2) is 12.1 Å². The van der Waals surface area contributed by atoms with Gasteiger partial charge in [-0.2, -0.15) is 21.0 Å². The first-order chi connectivity index (χ1) is 10.2. The summed E-state index contributed by atoms with van der Waals surface area (Å²) < 4.78 is 0. The molecule has 0 bridgehead atoms. The molecule has 104 valence electrons. The first kappa shape index (κ1) is 16.2. The topological polar surface area (TPSA) is 95.2 Å². The van der Waals surface area contributed by atoms with Crippen molar-refractivity contribution < 1.29 is 0 Å². The Morgan fingerprint density at radius 2 is 1.48 bits per heavy atom. The second-order valence-corrected chi connectivity index (χ2v) is 4.85. The van der Waals surface area contributed by atoms with E-state index >= 15 is 0 Å². The van der Waals surface area contributed by atoms with Crippen molar-refractivity contribution in [2.75, 3.05) is 0 Å². The third-order valence-electron chi connectivity index (χ3n) is 3.43. The van der Waals surface area contributed by atoms with E-state index in [1.54, 1.807) is 0 Å². The minimum Gasteiger partial charge on any atom is -0.198 e. The van der Waals surface area contributed by atoms with Gasteiger partial charge in [-0.3, -0.25) is 0 Å². The predicted molar refractivity (Wildman–Crippen MR) is 77.7 cm³/mol. The Morgan fingerprint density at radius 3 is 2.00 bits per heavy atom. The molecule has 0 fully saturated rings. The summed E-state index contributed by atoms with van der Waals surface area (Å²) in [4.78, 5) is 0. The number of nitrogens with zero attached hydrogens (tertiary/aromatic N) is 4. The highest BCUT2D eigenvalue weighted by molar-refractivity contribution is 5.55. The maximum absolute atomic E-state index is 9.34. The first-order valence-corrected chi connectivity index (χ1v) is 6.99. The smallest absolute Gasteiger partial charge is 0.101 e. The van der Waals surface area contributed by atoms with Crippen molar-refractivity contribution in [3.05, 3.63) is 34.4 Å². The molecule has 1 unspecified atom stereocenters. The summed E-state index contributed by atoms with van der Waals surface area (Å²) in [7, 11) is 0. The number of hydrogen-bond acceptors (Lipinski definition) is 4. The van der Waals surface area contributed by atoms with Crippen LogP contribution in [0, 0.1) is 45.3 Å². The largest absolute Gasteiger partial charge is 0.198 e. The minimum absolute atomic E-state index is 0.181. The second kappa shape index (κ2) is 8.37. The summed E-state index contributed by atoms with van der Waals surface area (Å²) in [6.45, 7) is 2.12.